The van der Waals surface area contributed by atoms with Gasteiger partial charge in [0.2, 0.25) is 5.78 Å². The fourth-order valence-corrected chi connectivity index (χ4v) is 2.37. The Hall–Kier alpha value is -1.90. The number of aryl methyl sites for hydroxylation is 1. The van der Waals surface area contributed by atoms with E-state index in [1.54, 1.807) is 17.1 Å². The zero-order valence-corrected chi connectivity index (χ0v) is 10.5. The number of nitrogens with zero attached hydrogens (tertiary/aromatic N) is 2. The van der Waals surface area contributed by atoms with Crippen molar-refractivity contribution < 1.29 is 4.79 Å². The lowest BCUT2D eigenvalue weighted by molar-refractivity contribution is 0.103. The van der Waals surface area contributed by atoms with Crippen LogP contribution in [-0.4, -0.2) is 15.3 Å². The van der Waals surface area contributed by atoms with E-state index >= 15 is 0 Å². The van der Waals surface area contributed by atoms with Gasteiger partial charge in [-0.15, -0.1) is 0 Å². The SMILES string of the molecule is Cn1cncc1C(=O)c1ccc(C2CCC2)cc1. The normalized spacial score (nSPS) is 15.4. The molecule has 1 fully saturated rings. The van der Waals surface area contributed by atoms with E-state index in [2.05, 4.69) is 17.1 Å². The number of aromatic nitrogens is 2. The molecule has 1 saturated carbocycles. The maximum atomic E-state index is 12.2. The molecule has 0 amide bonds. The van der Waals surface area contributed by atoms with Crippen molar-refractivity contribution in [3.8, 4) is 0 Å². The van der Waals surface area contributed by atoms with Crippen LogP contribution >= 0.6 is 0 Å². The van der Waals surface area contributed by atoms with Crippen LogP contribution in [0.1, 0.15) is 46.8 Å². The molecular weight excluding hydrogens is 224 g/mol. The summed E-state index contributed by atoms with van der Waals surface area (Å²) in [5.41, 5.74) is 2.73. The van der Waals surface area contributed by atoms with Crippen molar-refractivity contribution in [3.05, 3.63) is 53.6 Å². The molecule has 0 atom stereocenters. The van der Waals surface area contributed by atoms with E-state index in [9.17, 15) is 4.79 Å². The van der Waals surface area contributed by atoms with Crippen molar-refractivity contribution in [2.24, 2.45) is 7.05 Å². The van der Waals surface area contributed by atoms with Crippen LogP contribution in [0.15, 0.2) is 36.8 Å². The fraction of sp³-hybridized carbons (Fsp3) is 0.333. The molecule has 1 aliphatic carbocycles. The second kappa shape index (κ2) is 4.41. The molecule has 0 bridgehead atoms. The highest BCUT2D eigenvalue weighted by atomic mass is 16.1. The zero-order valence-electron chi connectivity index (χ0n) is 10.5. The second-order valence-corrected chi connectivity index (χ2v) is 4.97. The van der Waals surface area contributed by atoms with Gasteiger partial charge in [0.15, 0.2) is 0 Å². The first kappa shape index (κ1) is 11.2. The lowest BCUT2D eigenvalue weighted by atomic mass is 9.80. The molecule has 0 saturated heterocycles. The quantitative estimate of drug-likeness (QED) is 0.773. The van der Waals surface area contributed by atoms with E-state index in [1.807, 2.05) is 19.2 Å². The van der Waals surface area contributed by atoms with Crippen LogP contribution in [0, 0.1) is 0 Å². The van der Waals surface area contributed by atoms with Gasteiger partial charge in [0.25, 0.3) is 0 Å². The zero-order chi connectivity index (χ0) is 12.5. The van der Waals surface area contributed by atoms with E-state index in [4.69, 9.17) is 0 Å². The Morgan fingerprint density at radius 1 is 1.28 bits per heavy atom. The number of hydrogen-bond acceptors (Lipinski definition) is 2. The molecule has 0 radical (unpaired) electrons. The summed E-state index contributed by atoms with van der Waals surface area (Å²) in [6.07, 6.45) is 7.17. The third-order valence-electron chi connectivity index (χ3n) is 3.80. The van der Waals surface area contributed by atoms with E-state index in [0.29, 0.717) is 11.6 Å². The Morgan fingerprint density at radius 3 is 2.50 bits per heavy atom. The molecule has 0 N–H and O–H groups in total. The molecule has 3 rings (SSSR count). The summed E-state index contributed by atoms with van der Waals surface area (Å²) in [5.74, 6) is 0.751. The molecule has 2 aromatic rings. The molecule has 1 aromatic heterocycles. The van der Waals surface area contributed by atoms with Crippen molar-refractivity contribution in [2.75, 3.05) is 0 Å². The summed E-state index contributed by atoms with van der Waals surface area (Å²) in [4.78, 5) is 16.2. The summed E-state index contributed by atoms with van der Waals surface area (Å²) < 4.78 is 1.75. The summed E-state index contributed by atoms with van der Waals surface area (Å²) in [6, 6.07) is 8.05. The lowest BCUT2D eigenvalue weighted by Crippen LogP contribution is -2.10. The third kappa shape index (κ3) is 1.86. The van der Waals surface area contributed by atoms with E-state index in [0.717, 1.165) is 5.56 Å². The molecule has 3 nitrogen and oxygen atoms in total. The van der Waals surface area contributed by atoms with Gasteiger partial charge < -0.3 is 4.57 Å². The molecule has 0 unspecified atom stereocenters. The number of hydrogen-bond donors (Lipinski definition) is 0. The van der Waals surface area contributed by atoms with Gasteiger partial charge in [0.05, 0.1) is 12.5 Å². The minimum atomic E-state index is 0.0372. The van der Waals surface area contributed by atoms with E-state index in [1.165, 1.54) is 24.8 Å². The molecule has 18 heavy (non-hydrogen) atoms. The number of imidazole rings is 1. The molecule has 3 heteroatoms. The van der Waals surface area contributed by atoms with Crippen LogP contribution in [0.4, 0.5) is 0 Å². The first-order valence-electron chi connectivity index (χ1n) is 6.36. The number of rotatable bonds is 3. The Bertz CT molecular complexity index is 564. The van der Waals surface area contributed by atoms with E-state index < -0.39 is 0 Å². The maximum absolute atomic E-state index is 12.2. The summed E-state index contributed by atoms with van der Waals surface area (Å²) in [7, 11) is 1.84. The lowest BCUT2D eigenvalue weighted by Gasteiger charge is -2.25. The average molecular weight is 240 g/mol. The Morgan fingerprint density at radius 2 is 2.00 bits per heavy atom. The van der Waals surface area contributed by atoms with E-state index in [-0.39, 0.29) is 5.78 Å². The van der Waals surface area contributed by atoms with Crippen molar-refractivity contribution in [1.82, 2.24) is 9.55 Å². The molecule has 92 valence electrons. The predicted octanol–water partition coefficient (Wildman–Crippen LogP) is 2.92. The highest BCUT2D eigenvalue weighted by Crippen LogP contribution is 2.36. The van der Waals surface area contributed by atoms with Gasteiger partial charge in [-0.25, -0.2) is 4.98 Å². The number of benzene rings is 1. The highest BCUT2D eigenvalue weighted by molar-refractivity contribution is 6.07. The van der Waals surface area contributed by atoms with Crippen LogP contribution < -0.4 is 0 Å². The van der Waals surface area contributed by atoms with Gasteiger partial charge >= 0.3 is 0 Å². The van der Waals surface area contributed by atoms with Crippen LogP contribution in [0.25, 0.3) is 0 Å². The van der Waals surface area contributed by atoms with Crippen molar-refractivity contribution in [1.29, 1.82) is 0 Å². The van der Waals surface area contributed by atoms with Gasteiger partial charge in [0.1, 0.15) is 5.69 Å². The van der Waals surface area contributed by atoms with Gasteiger partial charge in [-0.2, -0.15) is 0 Å². The van der Waals surface area contributed by atoms with Crippen molar-refractivity contribution in [3.63, 3.8) is 0 Å². The standard InChI is InChI=1S/C15H16N2O/c1-17-10-16-9-14(17)15(18)13-7-5-12(6-8-13)11-3-2-4-11/h5-11H,2-4H2,1H3. The van der Waals surface area contributed by atoms with Gasteiger partial charge in [0, 0.05) is 12.6 Å². The Labute approximate surface area is 106 Å². The predicted molar refractivity (Wildman–Crippen MR) is 69.7 cm³/mol. The van der Waals surface area contributed by atoms with Crippen LogP contribution in [0.3, 0.4) is 0 Å². The van der Waals surface area contributed by atoms with Gasteiger partial charge in [-0.3, -0.25) is 4.79 Å². The fourth-order valence-electron chi connectivity index (χ4n) is 2.37. The molecule has 1 heterocycles. The third-order valence-corrected chi connectivity index (χ3v) is 3.80. The Kier molecular flexibility index (Phi) is 2.74. The topological polar surface area (TPSA) is 34.9 Å². The van der Waals surface area contributed by atoms with Crippen LogP contribution in [0.5, 0.6) is 0 Å². The molecule has 1 aromatic carbocycles. The van der Waals surface area contributed by atoms with Crippen molar-refractivity contribution >= 4 is 5.78 Å². The summed E-state index contributed by atoms with van der Waals surface area (Å²) >= 11 is 0. The number of carbonyl (C=O) groups is 1. The first-order valence-corrected chi connectivity index (χ1v) is 6.36. The first-order chi connectivity index (χ1) is 8.75. The monoisotopic (exact) mass is 240 g/mol. The highest BCUT2D eigenvalue weighted by Gasteiger charge is 2.20. The second-order valence-electron chi connectivity index (χ2n) is 4.97. The smallest absolute Gasteiger partial charge is 0.210 e. The largest absolute Gasteiger partial charge is 0.331 e. The van der Waals surface area contributed by atoms with Crippen LogP contribution in [-0.2, 0) is 7.05 Å². The van der Waals surface area contributed by atoms with Gasteiger partial charge in [-0.05, 0) is 24.3 Å². The summed E-state index contributed by atoms with van der Waals surface area (Å²) in [6.45, 7) is 0. The number of carbonyl (C=O) groups excluding carboxylic acids is 1. The van der Waals surface area contributed by atoms with Crippen LogP contribution in [0.2, 0.25) is 0 Å². The minimum absolute atomic E-state index is 0.0372. The Balaban J connectivity index is 1.84. The molecule has 0 aliphatic heterocycles. The number of ketones is 1. The summed E-state index contributed by atoms with van der Waals surface area (Å²) in [5, 5.41) is 0. The average Bonchev–Trinajstić information content (AvgIpc) is 2.73. The molecule has 1 aliphatic rings. The van der Waals surface area contributed by atoms with Gasteiger partial charge in [-0.1, -0.05) is 30.7 Å². The molecule has 0 spiro atoms. The minimum Gasteiger partial charge on any atom is -0.331 e. The van der Waals surface area contributed by atoms with Crippen molar-refractivity contribution in [2.45, 2.75) is 25.2 Å². The molecular formula is C15H16N2O. The maximum Gasteiger partial charge on any atom is 0.210 e.